The number of carbonyl (C=O) groups excluding carboxylic acids is 3. The predicted molar refractivity (Wildman–Crippen MR) is 82.5 cm³/mol. The van der Waals surface area contributed by atoms with E-state index in [-0.39, 0.29) is 28.9 Å². The molecule has 1 unspecified atom stereocenters. The first-order valence-corrected chi connectivity index (χ1v) is 8.61. The van der Waals surface area contributed by atoms with E-state index in [4.69, 9.17) is 5.73 Å². The molecule has 0 aromatic carbocycles. The molecule has 6 heteroatoms. The van der Waals surface area contributed by atoms with Crippen molar-refractivity contribution in [1.29, 1.82) is 0 Å². The van der Waals surface area contributed by atoms with Gasteiger partial charge in [-0.15, -0.1) is 11.8 Å². The molecule has 1 heterocycles. The highest BCUT2D eigenvalue weighted by atomic mass is 32.2. The zero-order valence-electron chi connectivity index (χ0n) is 12.7. The minimum atomic E-state index is -0.227. The van der Waals surface area contributed by atoms with Gasteiger partial charge in [-0.2, -0.15) is 0 Å². The van der Waals surface area contributed by atoms with Crippen molar-refractivity contribution in [1.82, 2.24) is 4.90 Å². The molecule has 2 fully saturated rings. The number of thioether (sulfide) groups is 1. The van der Waals surface area contributed by atoms with E-state index < -0.39 is 0 Å². The lowest BCUT2D eigenvalue weighted by Crippen LogP contribution is -2.38. The molecule has 2 N–H and O–H groups in total. The van der Waals surface area contributed by atoms with E-state index in [1.54, 1.807) is 11.8 Å². The summed E-state index contributed by atoms with van der Waals surface area (Å²) in [4.78, 5) is 36.9. The van der Waals surface area contributed by atoms with Crippen molar-refractivity contribution >= 4 is 29.5 Å². The normalized spacial score (nSPS) is 30.2. The van der Waals surface area contributed by atoms with Crippen LogP contribution in [0.4, 0.5) is 0 Å². The van der Waals surface area contributed by atoms with Gasteiger partial charge < -0.3 is 5.73 Å². The lowest BCUT2D eigenvalue weighted by molar-refractivity contribution is -0.139. The van der Waals surface area contributed by atoms with E-state index >= 15 is 0 Å². The first kappa shape index (κ1) is 16.3. The summed E-state index contributed by atoms with van der Waals surface area (Å²) in [6.07, 6.45) is 3.62. The van der Waals surface area contributed by atoms with Crippen molar-refractivity contribution < 1.29 is 14.4 Å². The van der Waals surface area contributed by atoms with Crippen molar-refractivity contribution in [3.8, 4) is 0 Å². The highest BCUT2D eigenvalue weighted by Gasteiger charge is 2.40. The van der Waals surface area contributed by atoms with Gasteiger partial charge in [0.05, 0.1) is 5.25 Å². The third kappa shape index (κ3) is 3.99. The standard InChI is InChI=1S/C15H24N2O3S/c1-9(2)21-12-7-13(18)17(15(12)20)8-10-3-5-11(6-4-10)14(16)19/h9-12H,3-8H2,1-2H3,(H2,16,19). The number of hydrogen-bond acceptors (Lipinski definition) is 4. The van der Waals surface area contributed by atoms with Gasteiger partial charge in [0.25, 0.3) is 0 Å². The van der Waals surface area contributed by atoms with Gasteiger partial charge in [-0.1, -0.05) is 13.8 Å². The maximum Gasteiger partial charge on any atom is 0.242 e. The topological polar surface area (TPSA) is 80.5 Å². The summed E-state index contributed by atoms with van der Waals surface area (Å²) in [6.45, 7) is 4.59. The number of primary amides is 1. The van der Waals surface area contributed by atoms with Crippen LogP contribution in [0.2, 0.25) is 0 Å². The van der Waals surface area contributed by atoms with Gasteiger partial charge in [0.15, 0.2) is 0 Å². The van der Waals surface area contributed by atoms with Crippen LogP contribution in [0.5, 0.6) is 0 Å². The Bertz CT molecular complexity index is 431. The molecule has 0 spiro atoms. The number of rotatable bonds is 5. The molecule has 0 bridgehead atoms. The van der Waals surface area contributed by atoms with Crippen LogP contribution in [0.15, 0.2) is 0 Å². The molecule has 1 aliphatic carbocycles. The zero-order valence-corrected chi connectivity index (χ0v) is 13.5. The Balaban J connectivity index is 1.87. The fraction of sp³-hybridized carbons (Fsp3) is 0.800. The lowest BCUT2D eigenvalue weighted by atomic mass is 9.81. The van der Waals surface area contributed by atoms with Crippen molar-refractivity contribution in [3.05, 3.63) is 0 Å². The second-order valence-electron chi connectivity index (χ2n) is 6.34. The smallest absolute Gasteiger partial charge is 0.242 e. The van der Waals surface area contributed by atoms with Gasteiger partial charge >= 0.3 is 0 Å². The first-order valence-electron chi connectivity index (χ1n) is 7.67. The van der Waals surface area contributed by atoms with Crippen LogP contribution >= 0.6 is 11.8 Å². The Labute approximate surface area is 130 Å². The number of likely N-dealkylation sites (tertiary alicyclic amines) is 1. The van der Waals surface area contributed by atoms with Crippen LogP contribution in [-0.4, -0.2) is 39.7 Å². The molecule has 2 aliphatic rings. The van der Waals surface area contributed by atoms with E-state index in [0.29, 0.717) is 24.1 Å². The Morgan fingerprint density at radius 1 is 1.29 bits per heavy atom. The van der Waals surface area contributed by atoms with Crippen LogP contribution in [0.3, 0.4) is 0 Å². The molecule has 5 nitrogen and oxygen atoms in total. The minimum absolute atomic E-state index is 0.0317. The highest BCUT2D eigenvalue weighted by molar-refractivity contribution is 8.01. The van der Waals surface area contributed by atoms with Crippen molar-refractivity contribution in [2.45, 2.75) is 56.5 Å². The predicted octanol–water partition coefficient (Wildman–Crippen LogP) is 1.55. The molecule has 1 atom stereocenters. The summed E-state index contributed by atoms with van der Waals surface area (Å²) in [5, 5.41) is 0.136. The summed E-state index contributed by atoms with van der Waals surface area (Å²) in [7, 11) is 0. The van der Waals surface area contributed by atoms with Crippen molar-refractivity contribution in [2.24, 2.45) is 17.6 Å². The van der Waals surface area contributed by atoms with Gasteiger partial charge in [-0.05, 0) is 36.9 Å². The Morgan fingerprint density at radius 2 is 1.90 bits per heavy atom. The van der Waals surface area contributed by atoms with E-state index in [1.807, 2.05) is 13.8 Å². The SMILES string of the molecule is CC(C)SC1CC(=O)N(CC2CCC(C(N)=O)CC2)C1=O. The average molecular weight is 312 g/mol. The summed E-state index contributed by atoms with van der Waals surface area (Å²) in [5.41, 5.74) is 5.32. The fourth-order valence-electron chi connectivity index (χ4n) is 3.17. The minimum Gasteiger partial charge on any atom is -0.369 e. The molecule has 0 aromatic rings. The maximum atomic E-state index is 12.3. The molecule has 21 heavy (non-hydrogen) atoms. The lowest BCUT2D eigenvalue weighted by Gasteiger charge is -2.29. The molecule has 1 aliphatic heterocycles. The highest BCUT2D eigenvalue weighted by Crippen LogP contribution is 2.33. The van der Waals surface area contributed by atoms with E-state index in [1.165, 1.54) is 4.90 Å². The molecule has 2 rings (SSSR count). The summed E-state index contributed by atoms with van der Waals surface area (Å²) in [5.74, 6) is -0.0205. The quantitative estimate of drug-likeness (QED) is 0.781. The van der Waals surface area contributed by atoms with Gasteiger partial charge in [-0.25, -0.2) is 0 Å². The van der Waals surface area contributed by atoms with Gasteiger partial charge in [0.2, 0.25) is 17.7 Å². The monoisotopic (exact) mass is 312 g/mol. The third-order valence-corrected chi connectivity index (χ3v) is 5.57. The molecule has 1 saturated carbocycles. The molecule has 3 amide bonds. The third-order valence-electron chi connectivity index (χ3n) is 4.33. The van der Waals surface area contributed by atoms with Crippen LogP contribution in [-0.2, 0) is 14.4 Å². The number of nitrogens with two attached hydrogens (primary N) is 1. The van der Waals surface area contributed by atoms with E-state index in [0.717, 1.165) is 25.7 Å². The van der Waals surface area contributed by atoms with Crippen LogP contribution in [0.25, 0.3) is 0 Å². The molecule has 0 aromatic heterocycles. The molecule has 118 valence electrons. The zero-order chi connectivity index (χ0) is 15.6. The molecule has 0 radical (unpaired) electrons. The number of nitrogens with zero attached hydrogens (tertiary/aromatic N) is 1. The van der Waals surface area contributed by atoms with Gasteiger partial charge in [-0.3, -0.25) is 19.3 Å². The Kier molecular flexibility index (Phi) is 5.30. The molecular weight excluding hydrogens is 288 g/mol. The number of carbonyl (C=O) groups is 3. The largest absolute Gasteiger partial charge is 0.369 e. The maximum absolute atomic E-state index is 12.3. The fourth-order valence-corrected chi connectivity index (χ4v) is 4.31. The van der Waals surface area contributed by atoms with Gasteiger partial charge in [0.1, 0.15) is 0 Å². The first-order chi connectivity index (χ1) is 9.88. The molecular formula is C15H24N2O3S. The molecule has 1 saturated heterocycles. The average Bonchev–Trinajstić information content (AvgIpc) is 2.66. The second-order valence-corrected chi connectivity index (χ2v) is 8.12. The second kappa shape index (κ2) is 6.81. The van der Waals surface area contributed by atoms with Gasteiger partial charge in [0, 0.05) is 18.9 Å². The Hall–Kier alpha value is -1.04. The van der Waals surface area contributed by atoms with E-state index in [2.05, 4.69) is 0 Å². The Morgan fingerprint density at radius 3 is 2.43 bits per heavy atom. The van der Waals surface area contributed by atoms with Crippen molar-refractivity contribution in [2.75, 3.05) is 6.54 Å². The van der Waals surface area contributed by atoms with E-state index in [9.17, 15) is 14.4 Å². The summed E-state index contributed by atoms with van der Waals surface area (Å²) in [6, 6.07) is 0. The number of imide groups is 1. The van der Waals surface area contributed by atoms with Crippen molar-refractivity contribution in [3.63, 3.8) is 0 Å². The summed E-state index contributed by atoms with van der Waals surface area (Å²) >= 11 is 1.57. The summed E-state index contributed by atoms with van der Waals surface area (Å²) < 4.78 is 0. The van der Waals surface area contributed by atoms with Crippen LogP contribution in [0.1, 0.15) is 46.0 Å². The number of hydrogen-bond donors (Lipinski definition) is 1. The van der Waals surface area contributed by atoms with Crippen LogP contribution < -0.4 is 5.73 Å². The van der Waals surface area contributed by atoms with Crippen LogP contribution in [0, 0.1) is 11.8 Å². The number of amides is 3.